The highest BCUT2D eigenvalue weighted by molar-refractivity contribution is 6.05. The smallest absolute Gasteiger partial charge is 0.274 e. The molecule has 3 aromatic rings. The van der Waals surface area contributed by atoms with Crippen molar-refractivity contribution in [2.45, 2.75) is 6.92 Å². The molecule has 2 N–H and O–H groups in total. The van der Waals surface area contributed by atoms with Crippen LogP contribution in [0.2, 0.25) is 0 Å². The van der Waals surface area contributed by atoms with Crippen molar-refractivity contribution in [3.8, 4) is 0 Å². The van der Waals surface area contributed by atoms with Crippen LogP contribution < -0.4 is 5.32 Å². The molecule has 2 amide bonds. The minimum Gasteiger partial charge on any atom is -0.383 e. The van der Waals surface area contributed by atoms with Gasteiger partial charge in [-0.25, -0.2) is 4.98 Å². The molecule has 140 valence electrons. The third-order valence-corrected chi connectivity index (χ3v) is 4.35. The van der Waals surface area contributed by atoms with Crippen LogP contribution in [-0.4, -0.2) is 54.0 Å². The van der Waals surface area contributed by atoms with Crippen molar-refractivity contribution in [2.24, 2.45) is 0 Å². The molecule has 0 aliphatic carbocycles. The first-order valence-electron chi connectivity index (χ1n) is 8.60. The molecule has 0 radical (unpaired) electrons. The highest BCUT2D eigenvalue weighted by atomic mass is 16.5. The number of ether oxygens (including phenoxy) is 1. The van der Waals surface area contributed by atoms with Gasteiger partial charge in [-0.05, 0) is 42.8 Å². The van der Waals surface area contributed by atoms with E-state index in [9.17, 15) is 9.59 Å². The fraction of sp³-hybridized carbons (Fsp3) is 0.250. The Morgan fingerprint density at radius 2 is 2.04 bits per heavy atom. The fourth-order valence-corrected chi connectivity index (χ4v) is 2.68. The van der Waals surface area contributed by atoms with E-state index in [2.05, 4.69) is 15.3 Å². The number of pyridine rings is 1. The zero-order valence-corrected chi connectivity index (χ0v) is 15.6. The number of rotatable bonds is 6. The number of likely N-dealkylation sites (N-methyl/N-ethyl adjacent to an activating group) is 1. The van der Waals surface area contributed by atoms with Gasteiger partial charge < -0.3 is 19.9 Å². The molecule has 7 nitrogen and oxygen atoms in total. The van der Waals surface area contributed by atoms with E-state index in [0.717, 1.165) is 10.9 Å². The molecule has 3 rings (SSSR count). The summed E-state index contributed by atoms with van der Waals surface area (Å²) in [7, 11) is 3.31. The minimum absolute atomic E-state index is 0.131. The Morgan fingerprint density at radius 1 is 1.22 bits per heavy atom. The van der Waals surface area contributed by atoms with Gasteiger partial charge in [-0.2, -0.15) is 0 Å². The molecule has 0 bridgehead atoms. The van der Waals surface area contributed by atoms with E-state index in [-0.39, 0.29) is 11.8 Å². The van der Waals surface area contributed by atoms with Crippen LogP contribution in [0.1, 0.15) is 26.4 Å². The van der Waals surface area contributed by atoms with Crippen molar-refractivity contribution >= 4 is 28.5 Å². The Hall–Kier alpha value is -3.19. The van der Waals surface area contributed by atoms with E-state index >= 15 is 0 Å². The topological polar surface area (TPSA) is 87.3 Å². The number of fused-ring (bicyclic) bond motifs is 1. The molecule has 0 aliphatic rings. The van der Waals surface area contributed by atoms with Crippen LogP contribution in [-0.2, 0) is 4.74 Å². The number of carbonyl (C=O) groups excluding carboxylic acids is 2. The first-order chi connectivity index (χ1) is 13.0. The summed E-state index contributed by atoms with van der Waals surface area (Å²) in [6.07, 6.45) is 1.78. The molecule has 0 unspecified atom stereocenters. The number of nitrogens with zero attached hydrogens (tertiary/aromatic N) is 2. The maximum atomic E-state index is 12.6. The molecule has 1 aromatic carbocycles. The molecule has 0 spiro atoms. The van der Waals surface area contributed by atoms with E-state index in [4.69, 9.17) is 4.74 Å². The first kappa shape index (κ1) is 18.6. The number of methoxy groups -OCH3 is 1. The number of aromatic amines is 1. The summed E-state index contributed by atoms with van der Waals surface area (Å²) in [5.74, 6) is -0.458. The van der Waals surface area contributed by atoms with Crippen LogP contribution in [0.25, 0.3) is 11.0 Å². The van der Waals surface area contributed by atoms with Gasteiger partial charge >= 0.3 is 0 Å². The van der Waals surface area contributed by atoms with Crippen molar-refractivity contribution in [3.05, 3.63) is 59.4 Å². The van der Waals surface area contributed by atoms with Gasteiger partial charge in [-0.15, -0.1) is 0 Å². The lowest BCUT2D eigenvalue weighted by atomic mass is 10.1. The number of nitrogens with one attached hydrogen (secondary N) is 2. The Kier molecular flexibility index (Phi) is 5.52. The van der Waals surface area contributed by atoms with Crippen LogP contribution in [0.3, 0.4) is 0 Å². The second-order valence-corrected chi connectivity index (χ2v) is 6.32. The summed E-state index contributed by atoms with van der Waals surface area (Å²) < 4.78 is 5.01. The number of hydrogen-bond donors (Lipinski definition) is 2. The third-order valence-electron chi connectivity index (χ3n) is 4.35. The number of H-pyrrole nitrogens is 1. The summed E-state index contributed by atoms with van der Waals surface area (Å²) in [4.78, 5) is 34.0. The maximum absolute atomic E-state index is 12.6. The number of amides is 2. The van der Waals surface area contributed by atoms with Gasteiger partial charge in [0.05, 0.1) is 6.61 Å². The zero-order valence-electron chi connectivity index (χ0n) is 15.6. The van der Waals surface area contributed by atoms with Crippen LogP contribution >= 0.6 is 0 Å². The normalized spacial score (nSPS) is 10.8. The standard InChI is InChI=1S/C20H22N4O3/c1-13-4-5-15(20(26)24(2)10-11-27-3)12-17(13)23-19(25)16-7-6-14-8-9-21-18(14)22-16/h4-9,12H,10-11H2,1-3H3,(H,21,22)(H,23,25). The summed E-state index contributed by atoms with van der Waals surface area (Å²) in [6.45, 7) is 2.83. The van der Waals surface area contributed by atoms with Crippen molar-refractivity contribution < 1.29 is 14.3 Å². The van der Waals surface area contributed by atoms with Gasteiger partial charge in [-0.3, -0.25) is 9.59 Å². The number of benzene rings is 1. The summed E-state index contributed by atoms with van der Waals surface area (Å²) in [5, 5.41) is 3.79. The van der Waals surface area contributed by atoms with Crippen LogP contribution in [0, 0.1) is 6.92 Å². The average molecular weight is 366 g/mol. The van der Waals surface area contributed by atoms with Gasteiger partial charge in [0.1, 0.15) is 11.3 Å². The number of aryl methyl sites for hydroxylation is 1. The highest BCUT2D eigenvalue weighted by Gasteiger charge is 2.15. The molecule has 7 heteroatoms. The average Bonchev–Trinajstić information content (AvgIpc) is 3.14. The molecular weight excluding hydrogens is 344 g/mol. The van der Waals surface area contributed by atoms with Gasteiger partial charge in [0.15, 0.2) is 0 Å². The predicted molar refractivity (Wildman–Crippen MR) is 104 cm³/mol. The number of anilines is 1. The van der Waals surface area contributed by atoms with Gasteiger partial charge in [0, 0.05) is 43.5 Å². The Bertz CT molecular complexity index is 980. The Balaban J connectivity index is 1.79. The summed E-state index contributed by atoms with van der Waals surface area (Å²) in [6, 6.07) is 10.7. The largest absolute Gasteiger partial charge is 0.383 e. The van der Waals surface area contributed by atoms with Crippen molar-refractivity contribution in [1.82, 2.24) is 14.9 Å². The van der Waals surface area contributed by atoms with Crippen LogP contribution in [0.15, 0.2) is 42.6 Å². The molecule has 2 heterocycles. The van der Waals surface area contributed by atoms with E-state index in [0.29, 0.717) is 35.7 Å². The SMILES string of the molecule is COCCN(C)C(=O)c1ccc(C)c(NC(=O)c2ccc3cc[nH]c3n2)c1. The molecule has 27 heavy (non-hydrogen) atoms. The second kappa shape index (κ2) is 8.01. The summed E-state index contributed by atoms with van der Waals surface area (Å²) >= 11 is 0. The molecule has 0 aliphatic heterocycles. The first-order valence-corrected chi connectivity index (χ1v) is 8.60. The van der Waals surface area contributed by atoms with E-state index in [1.807, 2.05) is 25.1 Å². The van der Waals surface area contributed by atoms with E-state index < -0.39 is 0 Å². The zero-order chi connectivity index (χ0) is 19.4. The molecular formula is C20H22N4O3. The molecule has 0 atom stereocenters. The van der Waals surface area contributed by atoms with E-state index in [1.165, 1.54) is 0 Å². The predicted octanol–water partition coefficient (Wildman–Crippen LogP) is 2.84. The van der Waals surface area contributed by atoms with Crippen molar-refractivity contribution in [3.63, 3.8) is 0 Å². The summed E-state index contributed by atoms with van der Waals surface area (Å²) in [5.41, 5.74) is 2.91. The van der Waals surface area contributed by atoms with Gasteiger partial charge in [0.25, 0.3) is 11.8 Å². The van der Waals surface area contributed by atoms with Crippen molar-refractivity contribution in [1.29, 1.82) is 0 Å². The van der Waals surface area contributed by atoms with Gasteiger partial charge in [0.2, 0.25) is 0 Å². The number of carbonyl (C=O) groups is 2. The fourth-order valence-electron chi connectivity index (χ4n) is 2.68. The lowest BCUT2D eigenvalue weighted by molar-refractivity contribution is 0.0744. The third kappa shape index (κ3) is 4.15. The molecule has 0 saturated carbocycles. The van der Waals surface area contributed by atoms with Crippen molar-refractivity contribution in [2.75, 3.05) is 32.6 Å². The Labute approximate surface area is 157 Å². The Morgan fingerprint density at radius 3 is 2.81 bits per heavy atom. The lowest BCUT2D eigenvalue weighted by Crippen LogP contribution is -2.30. The highest BCUT2D eigenvalue weighted by Crippen LogP contribution is 2.19. The minimum atomic E-state index is -0.327. The molecule has 0 saturated heterocycles. The molecule has 2 aromatic heterocycles. The van der Waals surface area contributed by atoms with Crippen LogP contribution in [0.4, 0.5) is 5.69 Å². The molecule has 0 fully saturated rings. The van der Waals surface area contributed by atoms with E-state index in [1.54, 1.807) is 43.5 Å². The van der Waals surface area contributed by atoms with Gasteiger partial charge in [-0.1, -0.05) is 6.07 Å². The number of aromatic nitrogens is 2. The number of hydrogen-bond acceptors (Lipinski definition) is 4. The maximum Gasteiger partial charge on any atom is 0.274 e. The monoisotopic (exact) mass is 366 g/mol. The second-order valence-electron chi connectivity index (χ2n) is 6.32. The lowest BCUT2D eigenvalue weighted by Gasteiger charge is -2.17. The van der Waals surface area contributed by atoms with Crippen LogP contribution in [0.5, 0.6) is 0 Å². The quantitative estimate of drug-likeness (QED) is 0.702.